The van der Waals surface area contributed by atoms with Crippen LogP contribution in [-0.4, -0.2) is 9.67 Å². The van der Waals surface area contributed by atoms with E-state index >= 15 is 0 Å². The Morgan fingerprint density at radius 3 is 2.67 bits per heavy atom. The van der Waals surface area contributed by atoms with Gasteiger partial charge in [0.15, 0.2) is 0 Å². The van der Waals surface area contributed by atoms with Crippen LogP contribution in [0.1, 0.15) is 31.0 Å². The molecule has 0 unspecified atom stereocenters. The Morgan fingerprint density at radius 1 is 1.33 bits per heavy atom. The fraction of sp³-hybridized carbons (Fsp3) is 0.385. The van der Waals surface area contributed by atoms with Gasteiger partial charge in [-0.05, 0) is 32.4 Å². The maximum absolute atomic E-state index is 9.29. The molecule has 0 radical (unpaired) electrons. The molecule has 1 aromatic heterocycles. The molecule has 0 amide bonds. The Balaban J connectivity index is 2.76. The average Bonchev–Trinajstić information content (AvgIpc) is 2.55. The molecule has 0 saturated carbocycles. The number of aryl methyl sites for hydroxylation is 1. The van der Waals surface area contributed by atoms with Crippen LogP contribution in [0.3, 0.4) is 0 Å². The molecule has 2 rings (SSSR count). The molecule has 0 aliphatic carbocycles. The molecule has 2 nitrogen and oxygen atoms in total. The molecule has 1 heterocycles. The molecule has 0 atom stereocenters. The monoisotopic (exact) mass is 203 g/mol. The van der Waals surface area contributed by atoms with Crippen molar-refractivity contribution in [2.75, 3.05) is 0 Å². The van der Waals surface area contributed by atoms with Gasteiger partial charge in [-0.25, -0.2) is 0 Å². The number of aliphatic hydroxyl groups is 1. The van der Waals surface area contributed by atoms with Crippen LogP contribution in [-0.2, 0) is 6.61 Å². The van der Waals surface area contributed by atoms with Gasteiger partial charge in [0.1, 0.15) is 0 Å². The predicted octanol–water partition coefficient (Wildman–Crippen LogP) is 3.02. The van der Waals surface area contributed by atoms with E-state index in [2.05, 4.69) is 49.7 Å². The molecule has 1 aromatic carbocycles. The van der Waals surface area contributed by atoms with Crippen molar-refractivity contribution in [3.63, 3.8) is 0 Å². The first-order valence-corrected chi connectivity index (χ1v) is 5.34. The van der Waals surface area contributed by atoms with Crippen molar-refractivity contribution in [3.05, 3.63) is 35.5 Å². The van der Waals surface area contributed by atoms with Crippen molar-refractivity contribution in [3.8, 4) is 0 Å². The Hall–Kier alpha value is -1.28. The highest BCUT2D eigenvalue weighted by Crippen LogP contribution is 2.25. The molecule has 1 N–H and O–H groups in total. The molecular weight excluding hydrogens is 186 g/mol. The number of benzene rings is 1. The summed E-state index contributed by atoms with van der Waals surface area (Å²) in [6.07, 6.45) is 2.05. The van der Waals surface area contributed by atoms with E-state index < -0.39 is 0 Å². The van der Waals surface area contributed by atoms with Gasteiger partial charge in [0.25, 0.3) is 0 Å². The SMILES string of the molecule is Cc1ccc2c(CO)cn(C(C)C)c2c1. The van der Waals surface area contributed by atoms with E-state index in [-0.39, 0.29) is 6.61 Å². The third kappa shape index (κ3) is 1.65. The van der Waals surface area contributed by atoms with Crippen LogP contribution in [0.5, 0.6) is 0 Å². The summed E-state index contributed by atoms with van der Waals surface area (Å²) in [5.74, 6) is 0. The fourth-order valence-electron chi connectivity index (χ4n) is 1.99. The topological polar surface area (TPSA) is 25.2 Å². The molecule has 0 aliphatic rings. The minimum Gasteiger partial charge on any atom is -0.392 e. The van der Waals surface area contributed by atoms with Crippen LogP contribution >= 0.6 is 0 Å². The Morgan fingerprint density at radius 2 is 2.07 bits per heavy atom. The molecule has 2 aromatic rings. The molecular formula is C13H17NO. The molecule has 15 heavy (non-hydrogen) atoms. The van der Waals surface area contributed by atoms with Gasteiger partial charge in [0.05, 0.1) is 6.61 Å². The van der Waals surface area contributed by atoms with Crippen molar-refractivity contribution in [1.82, 2.24) is 4.57 Å². The summed E-state index contributed by atoms with van der Waals surface area (Å²) in [7, 11) is 0. The van der Waals surface area contributed by atoms with Gasteiger partial charge in [0, 0.05) is 28.7 Å². The molecule has 0 aliphatic heterocycles. The number of hydrogen-bond acceptors (Lipinski definition) is 1. The van der Waals surface area contributed by atoms with E-state index in [9.17, 15) is 5.11 Å². The lowest BCUT2D eigenvalue weighted by molar-refractivity contribution is 0.283. The van der Waals surface area contributed by atoms with E-state index in [1.165, 1.54) is 11.1 Å². The highest BCUT2D eigenvalue weighted by Gasteiger charge is 2.09. The highest BCUT2D eigenvalue weighted by molar-refractivity contribution is 5.84. The van der Waals surface area contributed by atoms with Gasteiger partial charge in [-0.2, -0.15) is 0 Å². The summed E-state index contributed by atoms with van der Waals surface area (Å²) in [4.78, 5) is 0. The van der Waals surface area contributed by atoms with Crippen LogP contribution in [0.15, 0.2) is 24.4 Å². The Labute approximate surface area is 90.2 Å². The smallest absolute Gasteiger partial charge is 0.0702 e. The van der Waals surface area contributed by atoms with Gasteiger partial charge in [-0.3, -0.25) is 0 Å². The van der Waals surface area contributed by atoms with E-state index in [4.69, 9.17) is 0 Å². The van der Waals surface area contributed by atoms with Gasteiger partial charge in [-0.15, -0.1) is 0 Å². The second-order valence-corrected chi connectivity index (χ2v) is 4.33. The zero-order valence-corrected chi connectivity index (χ0v) is 9.49. The third-order valence-electron chi connectivity index (χ3n) is 2.80. The van der Waals surface area contributed by atoms with Crippen molar-refractivity contribution in [2.45, 2.75) is 33.4 Å². The largest absolute Gasteiger partial charge is 0.392 e. The van der Waals surface area contributed by atoms with Gasteiger partial charge < -0.3 is 9.67 Å². The number of fused-ring (bicyclic) bond motifs is 1. The lowest BCUT2D eigenvalue weighted by Crippen LogP contribution is -1.98. The third-order valence-corrected chi connectivity index (χ3v) is 2.80. The summed E-state index contributed by atoms with van der Waals surface area (Å²) in [5.41, 5.74) is 3.49. The van der Waals surface area contributed by atoms with Crippen LogP contribution in [0, 0.1) is 6.92 Å². The lowest BCUT2D eigenvalue weighted by Gasteiger charge is -2.09. The van der Waals surface area contributed by atoms with E-state index in [0.29, 0.717) is 6.04 Å². The zero-order chi connectivity index (χ0) is 11.0. The molecule has 80 valence electrons. The zero-order valence-electron chi connectivity index (χ0n) is 9.49. The van der Waals surface area contributed by atoms with E-state index in [1.807, 2.05) is 0 Å². The first-order valence-electron chi connectivity index (χ1n) is 5.34. The standard InChI is InChI=1S/C13H17NO/c1-9(2)14-7-11(8-15)12-5-4-10(3)6-13(12)14/h4-7,9,15H,8H2,1-3H3. The first-order chi connectivity index (χ1) is 7.13. The molecule has 2 heteroatoms. The Kier molecular flexibility index (Phi) is 2.53. The molecule has 0 fully saturated rings. The van der Waals surface area contributed by atoms with Gasteiger partial charge in [0.2, 0.25) is 0 Å². The number of hydrogen-bond donors (Lipinski definition) is 1. The second-order valence-electron chi connectivity index (χ2n) is 4.33. The van der Waals surface area contributed by atoms with Crippen molar-refractivity contribution < 1.29 is 5.11 Å². The van der Waals surface area contributed by atoms with Crippen LogP contribution in [0.25, 0.3) is 10.9 Å². The quantitative estimate of drug-likeness (QED) is 0.797. The minimum atomic E-state index is 0.110. The van der Waals surface area contributed by atoms with Gasteiger partial charge in [-0.1, -0.05) is 12.1 Å². The Bertz CT molecular complexity index is 482. The lowest BCUT2D eigenvalue weighted by atomic mass is 10.1. The first kappa shape index (κ1) is 10.2. The van der Waals surface area contributed by atoms with Crippen molar-refractivity contribution in [2.24, 2.45) is 0 Å². The average molecular weight is 203 g/mol. The number of nitrogens with zero attached hydrogens (tertiary/aromatic N) is 1. The molecule has 0 saturated heterocycles. The van der Waals surface area contributed by atoms with Crippen LogP contribution in [0.2, 0.25) is 0 Å². The summed E-state index contributed by atoms with van der Waals surface area (Å²) in [6, 6.07) is 6.78. The van der Waals surface area contributed by atoms with E-state index in [0.717, 1.165) is 10.9 Å². The number of aliphatic hydroxyl groups excluding tert-OH is 1. The fourth-order valence-corrected chi connectivity index (χ4v) is 1.99. The second kappa shape index (κ2) is 3.70. The predicted molar refractivity (Wildman–Crippen MR) is 63.0 cm³/mol. The highest BCUT2D eigenvalue weighted by atomic mass is 16.3. The normalized spacial score (nSPS) is 11.5. The van der Waals surface area contributed by atoms with Gasteiger partial charge >= 0.3 is 0 Å². The van der Waals surface area contributed by atoms with Crippen LogP contribution < -0.4 is 0 Å². The van der Waals surface area contributed by atoms with Crippen LogP contribution in [0.4, 0.5) is 0 Å². The minimum absolute atomic E-state index is 0.110. The molecule has 0 bridgehead atoms. The summed E-state index contributed by atoms with van der Waals surface area (Å²) >= 11 is 0. The maximum atomic E-state index is 9.29. The van der Waals surface area contributed by atoms with E-state index in [1.54, 1.807) is 0 Å². The molecule has 0 spiro atoms. The van der Waals surface area contributed by atoms with Crippen molar-refractivity contribution in [1.29, 1.82) is 0 Å². The summed E-state index contributed by atoms with van der Waals surface area (Å²) in [5, 5.41) is 10.5. The summed E-state index contributed by atoms with van der Waals surface area (Å²) < 4.78 is 2.22. The maximum Gasteiger partial charge on any atom is 0.0702 e. The van der Waals surface area contributed by atoms with Crippen molar-refractivity contribution >= 4 is 10.9 Å². The number of rotatable bonds is 2. The number of aromatic nitrogens is 1. The summed E-state index contributed by atoms with van der Waals surface area (Å²) in [6.45, 7) is 6.51.